The molecule has 0 saturated carbocycles. The molecule has 3 aromatic carbocycles. The number of halogens is 1. The SMILES string of the molecule is C=CS(=O)(=O)CCOCCNc1nc(F)nc(Nc2ccc(N=Nc3c(N)c(S(=O)(=O)O)cc4cc(S(=O)(=O)[O-])cc([O-])c34)c(S(=O)(=O)[O-])c2)n1.[Na+].[Na+].[Na+]. The van der Waals surface area contributed by atoms with Crippen molar-refractivity contribution in [2.24, 2.45) is 10.2 Å². The maximum absolute atomic E-state index is 14.1. The average Bonchev–Trinajstić information content (AvgIpc) is 3.00. The Balaban J connectivity index is 0.00000486. The quantitative estimate of drug-likeness (QED) is 0.0283. The first-order chi connectivity index (χ1) is 23.6. The van der Waals surface area contributed by atoms with Crippen LogP contribution in [0.2, 0.25) is 0 Å². The molecule has 0 bridgehead atoms. The predicted molar refractivity (Wildman–Crippen MR) is 171 cm³/mol. The number of nitrogens with zero attached hydrogens (tertiary/aromatic N) is 5. The molecule has 0 aliphatic heterocycles. The number of nitrogens with one attached hydrogen (secondary N) is 2. The molecule has 0 saturated heterocycles. The van der Waals surface area contributed by atoms with Gasteiger partial charge in [-0.1, -0.05) is 18.4 Å². The zero-order chi connectivity index (χ0) is 37.9. The van der Waals surface area contributed by atoms with Crippen molar-refractivity contribution in [1.29, 1.82) is 0 Å². The second kappa shape index (κ2) is 19.9. The summed E-state index contributed by atoms with van der Waals surface area (Å²) < 4.78 is 147. The Labute approximate surface area is 373 Å². The number of rotatable bonds is 15. The summed E-state index contributed by atoms with van der Waals surface area (Å²) in [6.07, 6.45) is -1.29. The van der Waals surface area contributed by atoms with Crippen molar-refractivity contribution in [3.8, 4) is 5.75 Å². The van der Waals surface area contributed by atoms with E-state index in [4.69, 9.17) is 10.5 Å². The van der Waals surface area contributed by atoms with Crippen LogP contribution in [0.3, 0.4) is 0 Å². The molecule has 0 unspecified atom stereocenters. The van der Waals surface area contributed by atoms with Crippen LogP contribution in [-0.2, 0) is 44.9 Å². The molecular formula is C25H22FN8Na3O13S4. The molecule has 54 heavy (non-hydrogen) atoms. The van der Waals surface area contributed by atoms with E-state index >= 15 is 0 Å². The van der Waals surface area contributed by atoms with Crippen LogP contribution in [0, 0.1) is 6.08 Å². The normalized spacial score (nSPS) is 12.0. The van der Waals surface area contributed by atoms with E-state index in [2.05, 4.69) is 42.4 Å². The number of aromatic nitrogens is 3. The largest absolute Gasteiger partial charge is 1.00 e. The zero-order valence-electron chi connectivity index (χ0n) is 28.2. The molecule has 0 amide bonds. The number of benzene rings is 3. The maximum atomic E-state index is 14.1. The third-order valence-corrected chi connectivity index (χ3v) is 10.2. The fourth-order valence-corrected chi connectivity index (χ4v) is 6.42. The number of hydrogen-bond donors (Lipinski definition) is 4. The van der Waals surface area contributed by atoms with Crippen molar-refractivity contribution in [2.75, 3.05) is 41.9 Å². The van der Waals surface area contributed by atoms with E-state index in [1.165, 1.54) is 0 Å². The number of sulfone groups is 1. The molecule has 0 spiro atoms. The summed E-state index contributed by atoms with van der Waals surface area (Å²) in [5.41, 5.74) is 3.24. The van der Waals surface area contributed by atoms with Gasteiger partial charge < -0.3 is 35.3 Å². The van der Waals surface area contributed by atoms with Gasteiger partial charge in [-0.15, -0.1) is 10.2 Å². The van der Waals surface area contributed by atoms with Gasteiger partial charge in [-0.2, -0.15) is 27.8 Å². The first kappa shape index (κ1) is 50.1. The third kappa shape index (κ3) is 13.3. The molecule has 0 aliphatic rings. The first-order valence-electron chi connectivity index (χ1n) is 13.5. The van der Waals surface area contributed by atoms with Gasteiger partial charge in [0.1, 0.15) is 36.5 Å². The molecule has 0 fully saturated rings. The van der Waals surface area contributed by atoms with E-state index in [-0.39, 0.29) is 126 Å². The van der Waals surface area contributed by atoms with Crippen LogP contribution in [0.25, 0.3) is 10.8 Å². The molecule has 1 aromatic heterocycles. The Bertz CT molecular complexity index is 2530. The Morgan fingerprint density at radius 2 is 1.54 bits per heavy atom. The van der Waals surface area contributed by atoms with E-state index < -0.39 is 100 Å². The maximum Gasteiger partial charge on any atom is 1.00 e. The van der Waals surface area contributed by atoms with Crippen molar-refractivity contribution in [3.05, 3.63) is 54.5 Å². The molecule has 4 rings (SSSR count). The number of fused-ring (bicyclic) bond motifs is 1. The molecule has 29 heteroatoms. The van der Waals surface area contributed by atoms with Gasteiger partial charge in [0, 0.05) is 23.0 Å². The molecule has 0 radical (unpaired) electrons. The number of anilines is 4. The Kier molecular flexibility index (Phi) is 18.5. The van der Waals surface area contributed by atoms with Crippen LogP contribution >= 0.6 is 0 Å². The standard InChI is InChI=1S/C25H25FN8O13S4.3Na/c1-2-48(36,37)8-7-47-6-5-28-24-30-23(26)31-25(32-24)29-14-3-4-16(18(11-14)50(41,42)43)33-34-22-20-13(10-19(21(22)27)51(44,45)46)9-15(12-17(20)35)49(38,39)40;;;/h2-4,9-12,35H,1,5-8,27H2,(H,38,39,40)(H,41,42,43)(H,44,45,46)(H2,28,29,30,31,32);;;/q;3*+1/p-3. The van der Waals surface area contributed by atoms with E-state index in [1.54, 1.807) is 0 Å². The van der Waals surface area contributed by atoms with Crippen LogP contribution in [0.5, 0.6) is 5.75 Å². The van der Waals surface area contributed by atoms with Gasteiger partial charge in [0.2, 0.25) is 11.9 Å². The van der Waals surface area contributed by atoms with Gasteiger partial charge in [-0.25, -0.2) is 25.3 Å². The Morgan fingerprint density at radius 3 is 2.13 bits per heavy atom. The monoisotopic (exact) mass is 858 g/mol. The minimum atomic E-state index is -5.38. The average molecular weight is 859 g/mol. The molecule has 5 N–H and O–H groups in total. The fraction of sp³-hybridized carbons (Fsp3) is 0.160. The van der Waals surface area contributed by atoms with E-state index in [0.717, 1.165) is 23.6 Å². The Morgan fingerprint density at radius 1 is 0.889 bits per heavy atom. The molecule has 21 nitrogen and oxygen atoms in total. The molecular weight excluding hydrogens is 837 g/mol. The molecule has 0 aliphatic carbocycles. The van der Waals surface area contributed by atoms with Crippen molar-refractivity contribution < 1.29 is 150 Å². The van der Waals surface area contributed by atoms with Gasteiger partial charge in [0.05, 0.1) is 34.4 Å². The third-order valence-electron chi connectivity index (χ3n) is 6.36. The summed E-state index contributed by atoms with van der Waals surface area (Å²) >= 11 is 0. The van der Waals surface area contributed by atoms with Gasteiger partial charge in [0.15, 0.2) is 9.84 Å². The summed E-state index contributed by atoms with van der Waals surface area (Å²) in [6, 6.07) is 4.33. The number of ether oxygens (including phenoxy) is 1. The minimum absolute atomic E-state index is 0. The van der Waals surface area contributed by atoms with Crippen molar-refractivity contribution in [1.82, 2.24) is 15.0 Å². The summed E-state index contributed by atoms with van der Waals surface area (Å²) in [7, 11) is -19.2. The van der Waals surface area contributed by atoms with Gasteiger partial charge in [-0.05, 0) is 35.7 Å². The molecule has 4 aromatic rings. The predicted octanol–water partition coefficient (Wildman–Crippen LogP) is -7.97. The molecule has 274 valence electrons. The van der Waals surface area contributed by atoms with E-state index in [1.807, 2.05) is 0 Å². The zero-order valence-corrected chi connectivity index (χ0v) is 37.5. The smallest absolute Gasteiger partial charge is 0.872 e. The number of hydrogen-bond acceptors (Lipinski definition) is 20. The molecule has 1 heterocycles. The summed E-state index contributed by atoms with van der Waals surface area (Å²) in [5, 5.41) is 24.8. The summed E-state index contributed by atoms with van der Waals surface area (Å²) in [4.78, 5) is 7.56. The van der Waals surface area contributed by atoms with Crippen LogP contribution in [0.4, 0.5) is 39.0 Å². The van der Waals surface area contributed by atoms with Gasteiger partial charge in [-0.3, -0.25) is 4.55 Å². The Hall–Kier alpha value is -1.96. The van der Waals surface area contributed by atoms with Gasteiger partial charge in [0.25, 0.3) is 10.1 Å². The fourth-order valence-electron chi connectivity index (χ4n) is 4.10. The summed E-state index contributed by atoms with van der Waals surface area (Å²) in [5.74, 6) is -2.30. The second-order valence-electron chi connectivity index (χ2n) is 9.87. The van der Waals surface area contributed by atoms with Crippen molar-refractivity contribution in [3.63, 3.8) is 0 Å². The van der Waals surface area contributed by atoms with Crippen LogP contribution < -0.4 is 110 Å². The van der Waals surface area contributed by atoms with Gasteiger partial charge >= 0.3 is 94.8 Å². The first-order valence-corrected chi connectivity index (χ1v) is 19.4. The topological polar surface area (TPSA) is 349 Å². The number of nitrogens with two attached hydrogens (primary N) is 1. The van der Waals surface area contributed by atoms with Crippen LogP contribution in [0.15, 0.2) is 73.3 Å². The second-order valence-corrected chi connectivity index (χ2v) is 16.1. The number of azo groups is 1. The van der Waals surface area contributed by atoms with Crippen molar-refractivity contribution in [2.45, 2.75) is 14.7 Å². The van der Waals surface area contributed by atoms with E-state index in [0.29, 0.717) is 18.2 Å². The van der Waals surface area contributed by atoms with E-state index in [9.17, 15) is 56.8 Å². The molecule has 0 atom stereocenters. The van der Waals surface area contributed by atoms with Crippen LogP contribution in [0.1, 0.15) is 0 Å². The van der Waals surface area contributed by atoms with Crippen molar-refractivity contribution >= 4 is 85.6 Å². The minimum Gasteiger partial charge on any atom is -0.872 e. The summed E-state index contributed by atoms with van der Waals surface area (Å²) in [6.45, 7) is 2.98. The van der Waals surface area contributed by atoms with Crippen LogP contribution in [-0.4, -0.2) is 87.8 Å². The number of nitrogen functional groups attached to an aromatic ring is 1.